The van der Waals surface area contributed by atoms with E-state index in [-0.39, 0.29) is 0 Å². The Morgan fingerprint density at radius 3 is 2.11 bits per heavy atom. The number of nitrogen functional groups attached to an aromatic ring is 1. The number of halogens is 1. The van der Waals surface area contributed by atoms with Gasteiger partial charge in [-0.25, -0.2) is 9.97 Å². The van der Waals surface area contributed by atoms with Crippen LogP contribution in [0.2, 0.25) is 0 Å². The number of nitrogens with zero attached hydrogens (tertiary/aromatic N) is 2. The maximum absolute atomic E-state index is 5.82. The molecular formula is C14H22IN3. The van der Waals surface area contributed by atoms with Crippen LogP contribution in [0.25, 0.3) is 10.9 Å². The molecule has 1 aromatic heterocycles. The van der Waals surface area contributed by atoms with Crippen molar-refractivity contribution in [3.05, 3.63) is 29.1 Å². The Bertz CT molecular complexity index is 510. The van der Waals surface area contributed by atoms with E-state index in [9.17, 15) is 0 Å². The SMILES string of the molecule is CC.CI.Cc1cc2ncnc(N)c2c(C)c1C. The van der Waals surface area contributed by atoms with Crippen LogP contribution in [0.5, 0.6) is 0 Å². The molecule has 1 heterocycles. The second kappa shape index (κ2) is 8.24. The number of anilines is 1. The molecule has 0 aliphatic carbocycles. The minimum Gasteiger partial charge on any atom is -0.383 e. The highest BCUT2D eigenvalue weighted by molar-refractivity contribution is 14.1. The molecule has 0 fully saturated rings. The van der Waals surface area contributed by atoms with Crippen molar-refractivity contribution in [2.45, 2.75) is 34.6 Å². The minimum atomic E-state index is 0.565. The highest BCUT2D eigenvalue weighted by Crippen LogP contribution is 2.25. The van der Waals surface area contributed by atoms with Gasteiger partial charge in [0.15, 0.2) is 0 Å². The first kappa shape index (κ1) is 17.1. The van der Waals surface area contributed by atoms with Gasteiger partial charge in [-0.05, 0) is 48.5 Å². The van der Waals surface area contributed by atoms with Gasteiger partial charge in [-0.2, -0.15) is 0 Å². The summed E-state index contributed by atoms with van der Waals surface area (Å²) in [5.74, 6) is 0.565. The molecule has 0 saturated heterocycles. The molecule has 0 unspecified atom stereocenters. The molecule has 0 aliphatic rings. The first-order valence-corrected chi connectivity index (χ1v) is 8.12. The third kappa shape index (κ3) is 3.54. The summed E-state index contributed by atoms with van der Waals surface area (Å²) >= 11 is 2.15. The van der Waals surface area contributed by atoms with Gasteiger partial charge in [-0.15, -0.1) is 0 Å². The second-order valence-electron chi connectivity index (χ2n) is 3.60. The molecule has 4 heteroatoms. The summed E-state index contributed by atoms with van der Waals surface area (Å²) in [6.45, 7) is 10.2. The number of nitrogens with two attached hydrogens (primary N) is 1. The molecule has 1 aromatic carbocycles. The van der Waals surface area contributed by atoms with Crippen LogP contribution in [0, 0.1) is 20.8 Å². The Labute approximate surface area is 123 Å². The van der Waals surface area contributed by atoms with Crippen LogP contribution in [-0.2, 0) is 0 Å². The van der Waals surface area contributed by atoms with Crippen molar-refractivity contribution in [3.8, 4) is 0 Å². The number of hydrogen-bond donors (Lipinski definition) is 1. The number of hydrogen-bond acceptors (Lipinski definition) is 3. The summed E-state index contributed by atoms with van der Waals surface area (Å²) in [6, 6.07) is 2.05. The van der Waals surface area contributed by atoms with Crippen molar-refractivity contribution >= 4 is 39.3 Å². The zero-order valence-corrected chi connectivity index (χ0v) is 14.2. The zero-order valence-electron chi connectivity index (χ0n) is 12.0. The Hall–Kier alpha value is -0.910. The first-order valence-electron chi connectivity index (χ1n) is 5.96. The molecule has 18 heavy (non-hydrogen) atoms. The third-order valence-corrected chi connectivity index (χ3v) is 2.79. The number of rotatable bonds is 0. The van der Waals surface area contributed by atoms with E-state index < -0.39 is 0 Å². The molecule has 0 bridgehead atoms. The van der Waals surface area contributed by atoms with E-state index in [2.05, 4.69) is 59.4 Å². The highest BCUT2D eigenvalue weighted by atomic mass is 127. The van der Waals surface area contributed by atoms with Gasteiger partial charge in [0.2, 0.25) is 0 Å². The lowest BCUT2D eigenvalue weighted by molar-refractivity contribution is 1.20. The van der Waals surface area contributed by atoms with Crippen molar-refractivity contribution < 1.29 is 0 Å². The van der Waals surface area contributed by atoms with Crippen molar-refractivity contribution in [1.29, 1.82) is 0 Å². The van der Waals surface area contributed by atoms with Gasteiger partial charge in [-0.3, -0.25) is 0 Å². The van der Waals surface area contributed by atoms with E-state index in [1.165, 1.54) is 23.0 Å². The number of aryl methyl sites for hydroxylation is 2. The Morgan fingerprint density at radius 1 is 1.00 bits per heavy atom. The molecule has 0 radical (unpaired) electrons. The monoisotopic (exact) mass is 359 g/mol. The van der Waals surface area contributed by atoms with Gasteiger partial charge in [0.05, 0.1) is 5.52 Å². The van der Waals surface area contributed by atoms with Gasteiger partial charge >= 0.3 is 0 Å². The van der Waals surface area contributed by atoms with E-state index >= 15 is 0 Å². The quantitative estimate of drug-likeness (QED) is 0.566. The highest BCUT2D eigenvalue weighted by Gasteiger charge is 2.07. The van der Waals surface area contributed by atoms with E-state index in [1.807, 2.05) is 18.8 Å². The molecule has 0 amide bonds. The summed E-state index contributed by atoms with van der Waals surface area (Å²) in [7, 11) is 0. The van der Waals surface area contributed by atoms with Crippen LogP contribution in [0.15, 0.2) is 12.4 Å². The predicted octanol–water partition coefficient (Wildman–Crippen LogP) is 4.21. The second-order valence-corrected chi connectivity index (χ2v) is 3.60. The summed E-state index contributed by atoms with van der Waals surface area (Å²) in [5.41, 5.74) is 10.4. The number of fused-ring (bicyclic) bond motifs is 1. The maximum Gasteiger partial charge on any atom is 0.134 e. The summed E-state index contributed by atoms with van der Waals surface area (Å²) in [5, 5.41) is 0.982. The summed E-state index contributed by atoms with van der Waals surface area (Å²) in [4.78, 5) is 10.2. The van der Waals surface area contributed by atoms with Crippen LogP contribution in [-0.4, -0.2) is 14.9 Å². The molecule has 0 spiro atoms. The molecule has 2 N–H and O–H groups in total. The standard InChI is InChI=1S/C11H13N3.C2H6.CH3I/c1-6-4-9-10(8(3)7(6)2)11(12)14-5-13-9;2*1-2/h4-5H,1-3H3,(H2,12,13,14);1-2H3;1H3. The summed E-state index contributed by atoms with van der Waals surface area (Å²) < 4.78 is 0. The van der Waals surface area contributed by atoms with E-state index in [0.717, 1.165) is 10.9 Å². The van der Waals surface area contributed by atoms with Crippen molar-refractivity contribution in [1.82, 2.24) is 9.97 Å². The van der Waals surface area contributed by atoms with E-state index in [4.69, 9.17) is 5.73 Å². The first-order chi connectivity index (χ1) is 8.61. The van der Waals surface area contributed by atoms with E-state index in [0.29, 0.717) is 5.82 Å². The van der Waals surface area contributed by atoms with Gasteiger partial charge in [0.25, 0.3) is 0 Å². The van der Waals surface area contributed by atoms with Gasteiger partial charge in [0, 0.05) is 5.39 Å². The average Bonchev–Trinajstić information content (AvgIpc) is 2.41. The number of aromatic nitrogens is 2. The Kier molecular flexibility index (Phi) is 7.82. The molecule has 100 valence electrons. The fourth-order valence-electron chi connectivity index (χ4n) is 1.70. The summed E-state index contributed by atoms with van der Waals surface area (Å²) in [6.07, 6.45) is 1.51. The van der Waals surface area contributed by atoms with Crippen molar-refractivity contribution in [2.24, 2.45) is 0 Å². The van der Waals surface area contributed by atoms with Gasteiger partial charge < -0.3 is 5.73 Å². The molecule has 0 aliphatic heterocycles. The molecule has 0 saturated carbocycles. The van der Waals surface area contributed by atoms with Gasteiger partial charge in [0.1, 0.15) is 12.1 Å². The van der Waals surface area contributed by atoms with Crippen molar-refractivity contribution in [3.63, 3.8) is 0 Å². The number of alkyl halides is 1. The van der Waals surface area contributed by atoms with Gasteiger partial charge in [-0.1, -0.05) is 36.4 Å². The fraction of sp³-hybridized carbons (Fsp3) is 0.429. The third-order valence-electron chi connectivity index (χ3n) is 2.79. The van der Waals surface area contributed by atoms with E-state index in [1.54, 1.807) is 0 Å². The lowest BCUT2D eigenvalue weighted by Gasteiger charge is -2.09. The Morgan fingerprint density at radius 2 is 1.56 bits per heavy atom. The van der Waals surface area contributed by atoms with Crippen molar-refractivity contribution in [2.75, 3.05) is 10.7 Å². The smallest absolute Gasteiger partial charge is 0.134 e. The topological polar surface area (TPSA) is 51.8 Å². The zero-order chi connectivity index (χ0) is 14.3. The average molecular weight is 359 g/mol. The predicted molar refractivity (Wildman–Crippen MR) is 89.5 cm³/mol. The minimum absolute atomic E-state index is 0.565. The maximum atomic E-state index is 5.82. The molecule has 0 atom stereocenters. The lowest BCUT2D eigenvalue weighted by atomic mass is 10.00. The largest absolute Gasteiger partial charge is 0.383 e. The Balaban J connectivity index is 0.000000659. The molecular weight excluding hydrogens is 337 g/mol. The van der Waals surface area contributed by atoms with Crippen LogP contribution < -0.4 is 5.73 Å². The number of benzene rings is 1. The van der Waals surface area contributed by atoms with Crippen LogP contribution in [0.3, 0.4) is 0 Å². The molecule has 3 nitrogen and oxygen atoms in total. The fourth-order valence-corrected chi connectivity index (χ4v) is 1.70. The van der Waals surface area contributed by atoms with Crippen LogP contribution >= 0.6 is 22.6 Å². The van der Waals surface area contributed by atoms with Crippen LogP contribution in [0.1, 0.15) is 30.5 Å². The molecule has 2 rings (SSSR count). The lowest BCUT2D eigenvalue weighted by Crippen LogP contribution is -1.97. The normalized spacial score (nSPS) is 9.06. The molecule has 2 aromatic rings. The van der Waals surface area contributed by atoms with Crippen LogP contribution in [0.4, 0.5) is 5.82 Å².